The van der Waals surface area contributed by atoms with Crippen LogP contribution in [0.3, 0.4) is 0 Å². The van der Waals surface area contributed by atoms with Crippen molar-refractivity contribution in [3.05, 3.63) is 47.1 Å². The van der Waals surface area contributed by atoms with Crippen LogP contribution >= 0.6 is 11.6 Å². The number of hydrogen-bond acceptors (Lipinski definition) is 8. The molecule has 9 nitrogen and oxygen atoms in total. The van der Waals surface area contributed by atoms with Crippen LogP contribution in [-0.2, 0) is 12.7 Å². The smallest absolute Gasteiger partial charge is 0.455 e. The molecule has 0 radical (unpaired) electrons. The first-order valence-electron chi connectivity index (χ1n) is 9.40. The number of rotatable bonds is 7. The average Bonchev–Trinajstić information content (AvgIpc) is 3.45. The second kappa shape index (κ2) is 8.99. The van der Waals surface area contributed by atoms with E-state index in [0.29, 0.717) is 28.7 Å². The first-order chi connectivity index (χ1) is 15.3. The number of amides is 1. The highest BCUT2D eigenvalue weighted by atomic mass is 35.5. The highest BCUT2D eigenvalue weighted by Gasteiger charge is 2.37. The van der Waals surface area contributed by atoms with E-state index in [1.165, 1.54) is 6.07 Å². The van der Waals surface area contributed by atoms with Crippen LogP contribution < -0.4 is 14.8 Å². The van der Waals surface area contributed by atoms with Gasteiger partial charge in [-0.1, -0.05) is 28.9 Å². The first kappa shape index (κ1) is 21.8. The van der Waals surface area contributed by atoms with E-state index in [-0.39, 0.29) is 11.8 Å². The number of ether oxygens (including phenoxy) is 2. The Morgan fingerprint density at radius 2 is 1.97 bits per heavy atom. The fourth-order valence-corrected chi connectivity index (χ4v) is 2.68. The molecule has 1 N–H and O–H groups in total. The molecular formula is C19H15ClF3N5O4. The number of nitrogens with zero attached hydrogens (tertiary/aromatic N) is 4. The summed E-state index contributed by atoms with van der Waals surface area (Å²) < 4.78 is 52.7. The zero-order chi connectivity index (χ0) is 22.7. The summed E-state index contributed by atoms with van der Waals surface area (Å²) in [6.07, 6.45) is -3.57. The number of carbonyl (C=O) groups is 1. The van der Waals surface area contributed by atoms with E-state index in [1.54, 1.807) is 24.3 Å². The molecule has 13 heteroatoms. The number of hydrogen-bond donors (Lipinski definition) is 1. The third-order valence-corrected chi connectivity index (χ3v) is 4.60. The molecule has 1 aromatic carbocycles. The van der Waals surface area contributed by atoms with Crippen LogP contribution in [0.2, 0.25) is 5.02 Å². The third-order valence-electron chi connectivity index (χ3n) is 4.35. The van der Waals surface area contributed by atoms with Crippen LogP contribution in [0.5, 0.6) is 11.8 Å². The predicted molar refractivity (Wildman–Crippen MR) is 103 cm³/mol. The summed E-state index contributed by atoms with van der Waals surface area (Å²) >= 11 is 5.95. The number of benzene rings is 1. The summed E-state index contributed by atoms with van der Waals surface area (Å²) in [4.78, 5) is 15.2. The van der Waals surface area contributed by atoms with Crippen molar-refractivity contribution in [1.29, 1.82) is 0 Å². The van der Waals surface area contributed by atoms with Crippen LogP contribution in [-0.4, -0.2) is 33.0 Å². The molecular weight excluding hydrogens is 455 g/mol. The maximum atomic E-state index is 12.5. The molecule has 0 spiro atoms. The highest BCUT2D eigenvalue weighted by Crippen LogP contribution is 2.34. The minimum absolute atomic E-state index is 0.146. The van der Waals surface area contributed by atoms with E-state index in [4.69, 9.17) is 21.1 Å². The quantitative estimate of drug-likeness (QED) is 0.545. The van der Waals surface area contributed by atoms with Gasteiger partial charge in [-0.15, -0.1) is 10.2 Å². The van der Waals surface area contributed by atoms with E-state index in [2.05, 4.69) is 30.2 Å². The lowest BCUT2D eigenvalue weighted by Gasteiger charge is -2.11. The second-order valence-corrected chi connectivity index (χ2v) is 7.35. The Morgan fingerprint density at radius 1 is 1.22 bits per heavy atom. The molecule has 1 fully saturated rings. The average molecular weight is 470 g/mol. The van der Waals surface area contributed by atoms with Crippen molar-refractivity contribution >= 4 is 17.7 Å². The molecule has 0 saturated heterocycles. The zero-order valence-electron chi connectivity index (χ0n) is 16.2. The van der Waals surface area contributed by atoms with Crippen LogP contribution in [0.15, 0.2) is 34.9 Å². The maximum absolute atomic E-state index is 12.5. The Bertz CT molecular complexity index is 1100. The van der Waals surface area contributed by atoms with Crippen molar-refractivity contribution in [3.8, 4) is 22.9 Å². The second-order valence-electron chi connectivity index (χ2n) is 6.92. The molecule has 0 atom stereocenters. The Morgan fingerprint density at radius 3 is 2.62 bits per heavy atom. The molecule has 1 saturated carbocycles. The monoisotopic (exact) mass is 469 g/mol. The van der Waals surface area contributed by atoms with Crippen LogP contribution in [0, 0.1) is 5.92 Å². The van der Waals surface area contributed by atoms with Gasteiger partial charge in [0.1, 0.15) is 6.54 Å². The first-order valence-corrected chi connectivity index (χ1v) is 9.77. The zero-order valence-corrected chi connectivity index (χ0v) is 17.0. The third kappa shape index (κ3) is 5.63. The molecule has 2 heterocycles. The Balaban J connectivity index is 1.44. The molecule has 0 aliphatic heterocycles. The van der Waals surface area contributed by atoms with E-state index in [0.717, 1.165) is 12.8 Å². The van der Waals surface area contributed by atoms with Crippen molar-refractivity contribution in [1.82, 2.24) is 25.7 Å². The van der Waals surface area contributed by atoms with Crippen LogP contribution in [0.1, 0.15) is 24.6 Å². The Labute approximate surface area is 183 Å². The number of halogens is 4. The molecule has 168 valence electrons. The molecule has 2 aromatic heterocycles. The molecule has 0 unspecified atom stereocenters. The van der Waals surface area contributed by atoms with Gasteiger partial charge in [0, 0.05) is 11.1 Å². The van der Waals surface area contributed by atoms with Gasteiger partial charge in [-0.25, -0.2) is 4.79 Å². The predicted octanol–water partition coefficient (Wildman–Crippen LogP) is 4.28. The molecule has 3 aromatic rings. The van der Waals surface area contributed by atoms with Crippen molar-refractivity contribution in [2.45, 2.75) is 25.6 Å². The Kier molecular flexibility index (Phi) is 6.12. The van der Waals surface area contributed by atoms with Gasteiger partial charge in [0.05, 0.1) is 12.2 Å². The van der Waals surface area contributed by atoms with E-state index < -0.39 is 30.5 Å². The summed E-state index contributed by atoms with van der Waals surface area (Å²) in [5.41, 5.74) is 1.25. The van der Waals surface area contributed by atoms with Gasteiger partial charge in [-0.2, -0.15) is 18.2 Å². The summed E-state index contributed by atoms with van der Waals surface area (Å²) in [6, 6.07) is 8.35. The fourth-order valence-electron chi connectivity index (χ4n) is 2.56. The number of aromatic nitrogens is 4. The minimum Gasteiger partial charge on any atom is -0.476 e. The standard InChI is InChI=1S/C19H15ClF3N5O4/c20-12-5-3-11(4-6-12)13-7-14(26-27-16(13)30-9-10-1-2-10)31-18(29)24-8-15-25-17(28-32-15)19(21,22)23/h3-7,10H,1-2,8-9H2,(H,24,29). The van der Waals surface area contributed by atoms with Gasteiger partial charge in [-0.3, -0.25) is 0 Å². The van der Waals surface area contributed by atoms with Gasteiger partial charge in [-0.05, 0) is 36.5 Å². The lowest BCUT2D eigenvalue weighted by atomic mass is 10.1. The molecule has 1 aliphatic carbocycles. The molecule has 4 rings (SSSR count). The van der Waals surface area contributed by atoms with Crippen molar-refractivity contribution in [3.63, 3.8) is 0 Å². The van der Waals surface area contributed by atoms with Gasteiger partial charge >= 0.3 is 12.3 Å². The highest BCUT2D eigenvalue weighted by molar-refractivity contribution is 6.30. The summed E-state index contributed by atoms with van der Waals surface area (Å²) in [5, 5.41) is 13.4. The molecule has 0 bridgehead atoms. The number of carbonyl (C=O) groups excluding carboxylic acids is 1. The number of nitrogens with one attached hydrogen (secondary N) is 1. The Hall–Kier alpha value is -3.41. The van der Waals surface area contributed by atoms with Crippen molar-refractivity contribution < 1.29 is 32.0 Å². The molecule has 1 aliphatic rings. The van der Waals surface area contributed by atoms with Gasteiger partial charge in [0.25, 0.3) is 5.82 Å². The van der Waals surface area contributed by atoms with E-state index in [9.17, 15) is 18.0 Å². The van der Waals surface area contributed by atoms with Gasteiger partial charge < -0.3 is 19.3 Å². The SMILES string of the molecule is O=C(NCc1nc(C(F)(F)F)no1)Oc1cc(-c2ccc(Cl)cc2)c(OCC2CC2)nn1. The summed E-state index contributed by atoms with van der Waals surface area (Å²) in [5.74, 6) is -1.27. The summed E-state index contributed by atoms with van der Waals surface area (Å²) in [6.45, 7) is 0.0298. The van der Waals surface area contributed by atoms with Crippen LogP contribution in [0.4, 0.5) is 18.0 Å². The maximum Gasteiger partial charge on any atom is 0.455 e. The summed E-state index contributed by atoms with van der Waals surface area (Å²) in [7, 11) is 0. The minimum atomic E-state index is -4.75. The topological polar surface area (TPSA) is 112 Å². The number of alkyl halides is 3. The van der Waals surface area contributed by atoms with Crippen molar-refractivity contribution in [2.24, 2.45) is 5.92 Å². The lowest BCUT2D eigenvalue weighted by Crippen LogP contribution is -2.27. The fraction of sp³-hybridized carbons (Fsp3) is 0.316. The molecule has 1 amide bonds. The normalized spacial score (nSPS) is 13.6. The van der Waals surface area contributed by atoms with E-state index >= 15 is 0 Å². The van der Waals surface area contributed by atoms with Crippen LogP contribution in [0.25, 0.3) is 11.1 Å². The molecule has 32 heavy (non-hydrogen) atoms. The largest absolute Gasteiger partial charge is 0.476 e. The van der Waals surface area contributed by atoms with Crippen molar-refractivity contribution in [2.75, 3.05) is 6.61 Å². The lowest BCUT2D eigenvalue weighted by molar-refractivity contribution is -0.146. The van der Waals surface area contributed by atoms with Gasteiger partial charge in [0.2, 0.25) is 17.7 Å². The van der Waals surface area contributed by atoms with E-state index in [1.807, 2.05) is 0 Å². The van der Waals surface area contributed by atoms with Gasteiger partial charge in [0.15, 0.2) is 0 Å².